The van der Waals surface area contributed by atoms with Gasteiger partial charge in [0.15, 0.2) is 0 Å². The van der Waals surface area contributed by atoms with E-state index in [4.69, 9.17) is 14.2 Å². The van der Waals surface area contributed by atoms with Crippen molar-refractivity contribution in [3.63, 3.8) is 0 Å². The first kappa shape index (κ1) is 16.6. The molecule has 2 aromatic rings. The maximum absolute atomic E-state index is 6.36. The van der Waals surface area contributed by atoms with E-state index in [1.807, 2.05) is 18.2 Å². The van der Waals surface area contributed by atoms with Crippen molar-refractivity contribution in [1.82, 2.24) is 15.1 Å². The second-order valence-electron chi connectivity index (χ2n) is 7.03. The summed E-state index contributed by atoms with van der Waals surface area (Å²) in [4.78, 5) is 2.38. The van der Waals surface area contributed by atoms with Crippen LogP contribution in [0.5, 0.6) is 5.75 Å². The predicted molar refractivity (Wildman–Crippen MR) is 93.7 cm³/mol. The zero-order valence-electron chi connectivity index (χ0n) is 14.8. The number of hydrogen-bond acceptors (Lipinski definition) is 5. The van der Waals surface area contributed by atoms with Gasteiger partial charge in [-0.1, -0.05) is 12.1 Å². The van der Waals surface area contributed by atoms with E-state index >= 15 is 0 Å². The third-order valence-corrected chi connectivity index (χ3v) is 5.47. The highest BCUT2D eigenvalue weighted by Crippen LogP contribution is 2.43. The van der Waals surface area contributed by atoms with E-state index in [2.05, 4.69) is 27.2 Å². The van der Waals surface area contributed by atoms with Crippen LogP contribution in [0, 0.1) is 0 Å². The zero-order valence-corrected chi connectivity index (χ0v) is 14.8. The monoisotopic (exact) mass is 343 g/mol. The van der Waals surface area contributed by atoms with Crippen molar-refractivity contribution in [3.05, 3.63) is 47.8 Å². The molecule has 1 N–H and O–H groups in total. The molecule has 4 rings (SSSR count). The van der Waals surface area contributed by atoms with Crippen molar-refractivity contribution in [2.24, 2.45) is 0 Å². The molecule has 0 unspecified atom stereocenters. The molecule has 0 aliphatic carbocycles. The lowest BCUT2D eigenvalue weighted by Gasteiger charge is -2.28. The van der Waals surface area contributed by atoms with Crippen LogP contribution in [0.15, 0.2) is 36.5 Å². The van der Waals surface area contributed by atoms with Gasteiger partial charge in [-0.15, -0.1) is 0 Å². The van der Waals surface area contributed by atoms with Crippen LogP contribution in [0.25, 0.3) is 0 Å². The normalized spacial score (nSPS) is 29.5. The van der Waals surface area contributed by atoms with E-state index < -0.39 is 0 Å². The number of likely N-dealkylation sites (tertiary alicyclic amines) is 1. The molecule has 2 saturated heterocycles. The Hall–Kier alpha value is -1.89. The van der Waals surface area contributed by atoms with Crippen LogP contribution in [-0.4, -0.2) is 60.7 Å². The number of H-pyrrole nitrogens is 1. The minimum atomic E-state index is -0.234. The highest BCUT2D eigenvalue weighted by Gasteiger charge is 2.53. The molecule has 1 aromatic heterocycles. The number of methoxy groups -OCH3 is 2. The van der Waals surface area contributed by atoms with Crippen LogP contribution < -0.4 is 4.74 Å². The summed E-state index contributed by atoms with van der Waals surface area (Å²) >= 11 is 0. The van der Waals surface area contributed by atoms with Crippen LogP contribution in [0.3, 0.4) is 0 Å². The van der Waals surface area contributed by atoms with Gasteiger partial charge in [-0.2, -0.15) is 5.10 Å². The average molecular weight is 343 g/mol. The van der Waals surface area contributed by atoms with E-state index in [0.29, 0.717) is 5.92 Å². The van der Waals surface area contributed by atoms with Gasteiger partial charge in [-0.25, -0.2) is 0 Å². The molecule has 0 saturated carbocycles. The van der Waals surface area contributed by atoms with Crippen molar-refractivity contribution >= 4 is 0 Å². The number of nitrogens with zero attached hydrogens (tertiary/aromatic N) is 2. The number of aromatic amines is 1. The molecule has 3 heterocycles. The van der Waals surface area contributed by atoms with E-state index in [9.17, 15) is 0 Å². The number of benzene rings is 1. The Bertz CT molecular complexity index is 706. The van der Waals surface area contributed by atoms with Gasteiger partial charge in [0.1, 0.15) is 11.4 Å². The van der Waals surface area contributed by atoms with Gasteiger partial charge >= 0.3 is 0 Å². The molecule has 0 amide bonds. The maximum Gasteiger partial charge on any atom is 0.119 e. The molecule has 0 bridgehead atoms. The number of hydrogen-bond donors (Lipinski definition) is 1. The van der Waals surface area contributed by atoms with E-state index in [1.165, 1.54) is 5.56 Å². The Labute approximate surface area is 148 Å². The summed E-state index contributed by atoms with van der Waals surface area (Å²) in [6.45, 7) is 3.32. The molecule has 2 aliphatic rings. The van der Waals surface area contributed by atoms with E-state index in [-0.39, 0.29) is 11.7 Å². The van der Waals surface area contributed by atoms with Crippen LogP contribution in [0.4, 0.5) is 0 Å². The quantitative estimate of drug-likeness (QED) is 0.902. The summed E-state index contributed by atoms with van der Waals surface area (Å²) in [5, 5.41) is 7.07. The lowest BCUT2D eigenvalue weighted by Crippen LogP contribution is -2.42. The first-order chi connectivity index (χ1) is 12.2. The Balaban J connectivity index is 1.49. The summed E-state index contributed by atoms with van der Waals surface area (Å²) in [5.41, 5.74) is 2.16. The fourth-order valence-corrected chi connectivity index (χ4v) is 4.21. The molecular formula is C19H25N3O3. The summed E-state index contributed by atoms with van der Waals surface area (Å²) in [6, 6.07) is 10.3. The summed E-state index contributed by atoms with van der Waals surface area (Å²) in [7, 11) is 3.49. The molecule has 6 heteroatoms. The number of nitrogens with one attached hydrogen (secondary N) is 1. The largest absolute Gasteiger partial charge is 0.497 e. The summed E-state index contributed by atoms with van der Waals surface area (Å²) in [6.07, 6.45) is 2.85. The Morgan fingerprint density at radius 2 is 2.28 bits per heavy atom. The molecule has 134 valence electrons. The minimum Gasteiger partial charge on any atom is -0.497 e. The van der Waals surface area contributed by atoms with Gasteiger partial charge in [0.05, 0.1) is 19.8 Å². The lowest BCUT2D eigenvalue weighted by molar-refractivity contribution is -0.0757. The summed E-state index contributed by atoms with van der Waals surface area (Å²) in [5.74, 6) is 1.27. The first-order valence-corrected chi connectivity index (χ1v) is 8.74. The van der Waals surface area contributed by atoms with Crippen molar-refractivity contribution in [2.75, 3.05) is 33.9 Å². The van der Waals surface area contributed by atoms with Gasteiger partial charge in [0, 0.05) is 44.6 Å². The van der Waals surface area contributed by atoms with Crippen molar-refractivity contribution in [1.29, 1.82) is 0 Å². The Kier molecular flexibility index (Phi) is 4.50. The molecule has 2 fully saturated rings. The second-order valence-corrected chi connectivity index (χ2v) is 7.03. The Morgan fingerprint density at radius 1 is 1.36 bits per heavy atom. The lowest BCUT2D eigenvalue weighted by atomic mass is 9.87. The molecule has 1 aromatic carbocycles. The third-order valence-electron chi connectivity index (χ3n) is 5.47. The van der Waals surface area contributed by atoms with E-state index in [1.54, 1.807) is 20.4 Å². The summed E-state index contributed by atoms with van der Waals surface area (Å²) < 4.78 is 17.5. The highest BCUT2D eigenvalue weighted by atomic mass is 16.6. The van der Waals surface area contributed by atoms with E-state index in [0.717, 1.165) is 44.1 Å². The number of rotatable bonds is 5. The fraction of sp³-hybridized carbons (Fsp3) is 0.526. The second kappa shape index (κ2) is 6.78. The highest BCUT2D eigenvalue weighted by molar-refractivity contribution is 5.32. The molecule has 25 heavy (non-hydrogen) atoms. The number of ether oxygens (including phenoxy) is 3. The van der Waals surface area contributed by atoms with Gasteiger partial charge in [0.2, 0.25) is 0 Å². The molecule has 3 atom stereocenters. The topological polar surface area (TPSA) is 59.6 Å². The third kappa shape index (κ3) is 3.17. The van der Waals surface area contributed by atoms with Crippen LogP contribution in [0.2, 0.25) is 0 Å². The predicted octanol–water partition coefficient (Wildman–Crippen LogP) is 2.19. The van der Waals surface area contributed by atoms with Gasteiger partial charge in [0.25, 0.3) is 0 Å². The SMILES string of the molecule is COc1cccc([C@@H]2CO[C@]3(C2)CN(Cc2ccn[nH]2)C[C@H]3OC)c1. The first-order valence-electron chi connectivity index (χ1n) is 8.74. The van der Waals surface area contributed by atoms with Gasteiger partial charge < -0.3 is 14.2 Å². The van der Waals surface area contributed by atoms with Crippen molar-refractivity contribution in [3.8, 4) is 5.75 Å². The van der Waals surface area contributed by atoms with Crippen molar-refractivity contribution in [2.45, 2.75) is 30.6 Å². The molecule has 1 spiro atoms. The standard InChI is InChI=1S/C19H25N3O3/c1-23-17-5-3-4-14(8-17)15-9-19(25-12-15)13-22(11-18(19)24-2)10-16-6-7-20-21-16/h3-8,15,18H,9-13H2,1-2H3,(H,20,21)/t15-,18+,19+/m0/s1. The molecule has 6 nitrogen and oxygen atoms in total. The molecule has 2 aliphatic heterocycles. The average Bonchev–Trinajstić information content (AvgIpc) is 3.37. The van der Waals surface area contributed by atoms with Crippen molar-refractivity contribution < 1.29 is 14.2 Å². The fourth-order valence-electron chi connectivity index (χ4n) is 4.21. The molecular weight excluding hydrogens is 318 g/mol. The smallest absolute Gasteiger partial charge is 0.119 e. The van der Waals surface area contributed by atoms with Gasteiger partial charge in [-0.3, -0.25) is 10.00 Å². The minimum absolute atomic E-state index is 0.0889. The van der Waals surface area contributed by atoms with Gasteiger partial charge in [-0.05, 0) is 30.2 Å². The van der Waals surface area contributed by atoms with Crippen LogP contribution in [-0.2, 0) is 16.0 Å². The number of aromatic nitrogens is 2. The van der Waals surface area contributed by atoms with Crippen LogP contribution in [0.1, 0.15) is 23.6 Å². The Morgan fingerprint density at radius 3 is 3.04 bits per heavy atom. The zero-order chi connectivity index (χ0) is 17.3. The maximum atomic E-state index is 6.36. The molecule has 0 radical (unpaired) electrons. The van der Waals surface area contributed by atoms with Crippen LogP contribution >= 0.6 is 0 Å².